The monoisotopic (exact) mass is 505 g/mol. The quantitative estimate of drug-likeness (QED) is 0.413. The first kappa shape index (κ1) is 26.0. The van der Waals surface area contributed by atoms with Crippen molar-refractivity contribution in [1.29, 1.82) is 0 Å². The Kier molecular flexibility index (Phi) is 8.93. The largest absolute Gasteiger partial charge is 0.494 e. The summed E-state index contributed by atoms with van der Waals surface area (Å²) in [7, 11) is 0. The number of furan rings is 1. The van der Waals surface area contributed by atoms with Gasteiger partial charge in [0.2, 0.25) is 11.8 Å². The summed E-state index contributed by atoms with van der Waals surface area (Å²) < 4.78 is 16.4. The first-order chi connectivity index (χ1) is 18.1. The minimum absolute atomic E-state index is 0.0570. The van der Waals surface area contributed by atoms with E-state index in [1.165, 1.54) is 17.2 Å². The molecule has 0 spiro atoms. The van der Waals surface area contributed by atoms with Crippen molar-refractivity contribution in [2.45, 2.75) is 31.9 Å². The van der Waals surface area contributed by atoms with Crippen molar-refractivity contribution in [3.05, 3.63) is 84.3 Å². The van der Waals surface area contributed by atoms with Crippen molar-refractivity contribution in [1.82, 2.24) is 10.6 Å². The van der Waals surface area contributed by atoms with Crippen LogP contribution in [0.25, 0.3) is 0 Å². The van der Waals surface area contributed by atoms with Gasteiger partial charge in [-0.2, -0.15) is 0 Å². The van der Waals surface area contributed by atoms with Gasteiger partial charge in [0.25, 0.3) is 5.91 Å². The summed E-state index contributed by atoms with van der Waals surface area (Å²) in [4.78, 5) is 41.2. The smallest absolute Gasteiger partial charge is 0.287 e. The maximum absolute atomic E-state index is 13.7. The number of nitrogens with one attached hydrogen (secondary N) is 2. The number of hydrogen-bond donors (Lipinski definition) is 2. The number of carbonyl (C=O) groups excluding carboxylic acids is 3. The highest BCUT2D eigenvalue weighted by atomic mass is 16.5. The predicted molar refractivity (Wildman–Crippen MR) is 137 cm³/mol. The van der Waals surface area contributed by atoms with Crippen LogP contribution >= 0.6 is 0 Å². The van der Waals surface area contributed by atoms with Gasteiger partial charge in [0.15, 0.2) is 5.76 Å². The summed E-state index contributed by atoms with van der Waals surface area (Å²) in [5.74, 6) is -0.708. The highest BCUT2D eigenvalue weighted by Gasteiger charge is 2.33. The van der Waals surface area contributed by atoms with E-state index in [4.69, 9.17) is 13.9 Å². The maximum atomic E-state index is 13.7. The molecule has 2 atom stereocenters. The highest BCUT2D eigenvalue weighted by molar-refractivity contribution is 6.04. The van der Waals surface area contributed by atoms with Gasteiger partial charge in [0.1, 0.15) is 11.8 Å². The van der Waals surface area contributed by atoms with Crippen molar-refractivity contribution in [2.24, 2.45) is 0 Å². The zero-order chi connectivity index (χ0) is 26.0. The van der Waals surface area contributed by atoms with Crippen LogP contribution in [0, 0.1) is 0 Å². The van der Waals surface area contributed by atoms with Crippen molar-refractivity contribution in [3.8, 4) is 5.75 Å². The first-order valence-corrected chi connectivity index (χ1v) is 12.4. The summed E-state index contributed by atoms with van der Waals surface area (Å²) >= 11 is 0. The van der Waals surface area contributed by atoms with Crippen LogP contribution in [0.5, 0.6) is 5.75 Å². The molecule has 3 aromatic rings. The molecule has 0 unspecified atom stereocenters. The Balaban J connectivity index is 1.65. The average molecular weight is 506 g/mol. The molecular formula is C28H31N3O6. The number of amides is 3. The first-order valence-electron chi connectivity index (χ1n) is 12.4. The van der Waals surface area contributed by atoms with Gasteiger partial charge in [-0.05, 0) is 49.6 Å². The van der Waals surface area contributed by atoms with Crippen LogP contribution in [-0.2, 0) is 14.3 Å². The van der Waals surface area contributed by atoms with Gasteiger partial charge < -0.3 is 24.5 Å². The molecule has 2 aromatic carbocycles. The number of anilines is 1. The Hall–Kier alpha value is -4.11. The average Bonchev–Trinajstić information content (AvgIpc) is 3.64. The number of ether oxygens (including phenoxy) is 2. The van der Waals surface area contributed by atoms with E-state index in [1.807, 2.05) is 25.1 Å². The molecule has 194 valence electrons. The number of nitrogens with zero attached hydrogens (tertiary/aromatic N) is 1. The number of rotatable bonds is 11. The van der Waals surface area contributed by atoms with E-state index >= 15 is 0 Å². The number of benzene rings is 2. The molecule has 0 saturated carbocycles. The molecule has 1 saturated heterocycles. The van der Waals surface area contributed by atoms with Crippen molar-refractivity contribution < 1.29 is 28.3 Å². The van der Waals surface area contributed by atoms with Crippen LogP contribution in [0.2, 0.25) is 0 Å². The molecule has 0 aliphatic carbocycles. The fourth-order valence-electron chi connectivity index (χ4n) is 4.23. The minimum Gasteiger partial charge on any atom is -0.494 e. The van der Waals surface area contributed by atoms with Crippen LogP contribution in [0.15, 0.2) is 77.4 Å². The van der Waals surface area contributed by atoms with Gasteiger partial charge >= 0.3 is 0 Å². The van der Waals surface area contributed by atoms with E-state index in [0.29, 0.717) is 36.8 Å². The van der Waals surface area contributed by atoms with Gasteiger partial charge in [-0.25, -0.2) is 0 Å². The normalized spacial score (nSPS) is 15.5. The highest BCUT2D eigenvalue weighted by Crippen LogP contribution is 2.30. The van der Waals surface area contributed by atoms with E-state index in [9.17, 15) is 14.4 Å². The Morgan fingerprint density at radius 1 is 1.05 bits per heavy atom. The molecule has 0 bridgehead atoms. The van der Waals surface area contributed by atoms with E-state index in [-0.39, 0.29) is 24.3 Å². The van der Waals surface area contributed by atoms with Crippen LogP contribution in [0.1, 0.15) is 41.9 Å². The fourth-order valence-corrected chi connectivity index (χ4v) is 4.23. The van der Waals surface area contributed by atoms with Crippen LogP contribution in [0.4, 0.5) is 5.69 Å². The van der Waals surface area contributed by atoms with Crippen molar-refractivity contribution >= 4 is 23.4 Å². The molecular weight excluding hydrogens is 474 g/mol. The summed E-state index contributed by atoms with van der Waals surface area (Å²) in [5, 5.41) is 5.55. The summed E-state index contributed by atoms with van der Waals surface area (Å²) in [5.41, 5.74) is 1.09. The van der Waals surface area contributed by atoms with Crippen molar-refractivity contribution in [3.63, 3.8) is 0 Å². The van der Waals surface area contributed by atoms with Gasteiger partial charge in [0, 0.05) is 24.9 Å². The zero-order valence-electron chi connectivity index (χ0n) is 20.7. The number of carbonyl (C=O) groups is 3. The van der Waals surface area contributed by atoms with Crippen molar-refractivity contribution in [2.75, 3.05) is 31.2 Å². The summed E-state index contributed by atoms with van der Waals surface area (Å²) in [6, 6.07) is 18.1. The second-order valence-corrected chi connectivity index (χ2v) is 8.55. The second-order valence-electron chi connectivity index (χ2n) is 8.55. The molecule has 2 N–H and O–H groups in total. The number of hydrogen-bond acceptors (Lipinski definition) is 6. The Labute approximate surface area is 215 Å². The maximum Gasteiger partial charge on any atom is 0.287 e. The predicted octanol–water partition coefficient (Wildman–Crippen LogP) is 3.48. The van der Waals surface area contributed by atoms with Crippen LogP contribution in [-0.4, -0.2) is 50.1 Å². The van der Waals surface area contributed by atoms with E-state index < -0.39 is 17.9 Å². The third-order valence-electron chi connectivity index (χ3n) is 5.97. The third kappa shape index (κ3) is 6.77. The molecule has 1 aliphatic rings. The SMILES string of the molecule is CCOc1cccc(N(C(=O)CNC(=O)c2ccco2)[C@H](C(=O)NC[C@H]2CCCO2)c2ccccc2)c1. The van der Waals surface area contributed by atoms with Gasteiger partial charge in [-0.3, -0.25) is 19.3 Å². The molecule has 2 heterocycles. The van der Waals surface area contributed by atoms with E-state index in [1.54, 1.807) is 42.5 Å². The molecule has 4 rings (SSSR count). The van der Waals surface area contributed by atoms with E-state index in [2.05, 4.69) is 10.6 Å². The molecule has 1 fully saturated rings. The Morgan fingerprint density at radius 3 is 2.59 bits per heavy atom. The third-order valence-corrected chi connectivity index (χ3v) is 5.97. The topological polar surface area (TPSA) is 110 Å². The lowest BCUT2D eigenvalue weighted by atomic mass is 10.0. The fraction of sp³-hybridized carbons (Fsp3) is 0.321. The lowest BCUT2D eigenvalue weighted by Crippen LogP contribution is -2.48. The lowest BCUT2D eigenvalue weighted by Gasteiger charge is -2.32. The lowest BCUT2D eigenvalue weighted by molar-refractivity contribution is -0.126. The molecule has 0 radical (unpaired) electrons. The molecule has 1 aliphatic heterocycles. The summed E-state index contributed by atoms with van der Waals surface area (Å²) in [6.07, 6.45) is 3.14. The standard InChI is InChI=1S/C28H31N3O6/c1-2-35-22-12-6-11-21(17-22)31(25(32)19-30-27(33)24-14-8-16-37-24)26(20-9-4-3-5-10-20)28(34)29-18-23-13-7-15-36-23/h3-6,8-12,14,16-17,23,26H,2,7,13,15,18-19H2,1H3,(H,29,34)(H,30,33)/t23-,26+/m1/s1. The second kappa shape index (κ2) is 12.7. The van der Waals surface area contributed by atoms with Gasteiger partial charge in [-0.15, -0.1) is 0 Å². The molecule has 9 nitrogen and oxygen atoms in total. The molecule has 1 aromatic heterocycles. The minimum atomic E-state index is -0.993. The summed E-state index contributed by atoms with van der Waals surface area (Å²) in [6.45, 7) is 2.98. The van der Waals surface area contributed by atoms with Gasteiger partial charge in [0.05, 0.1) is 25.5 Å². The van der Waals surface area contributed by atoms with E-state index in [0.717, 1.165) is 12.8 Å². The van der Waals surface area contributed by atoms with Crippen LogP contribution in [0.3, 0.4) is 0 Å². The Bertz CT molecular complexity index is 1180. The van der Waals surface area contributed by atoms with Gasteiger partial charge in [-0.1, -0.05) is 36.4 Å². The molecule has 9 heteroatoms. The molecule has 3 amide bonds. The zero-order valence-corrected chi connectivity index (χ0v) is 20.7. The Morgan fingerprint density at radius 2 is 1.89 bits per heavy atom. The van der Waals surface area contributed by atoms with Crippen LogP contribution < -0.4 is 20.3 Å². The molecule has 37 heavy (non-hydrogen) atoms.